The summed E-state index contributed by atoms with van der Waals surface area (Å²) in [6.45, 7) is 7.45. The molecule has 0 saturated carbocycles. The van der Waals surface area contributed by atoms with Crippen molar-refractivity contribution in [1.29, 1.82) is 0 Å². The van der Waals surface area contributed by atoms with Gasteiger partial charge < -0.3 is 33.8 Å². The van der Waals surface area contributed by atoms with Crippen molar-refractivity contribution in [2.24, 2.45) is 5.92 Å². The molecule has 19 heteroatoms. The molecule has 0 aliphatic rings. The molecule has 0 bridgehead atoms. The van der Waals surface area contributed by atoms with Gasteiger partial charge >= 0.3 is 39.5 Å². The zero-order valence-corrected chi connectivity index (χ0v) is 71.4. The summed E-state index contributed by atoms with van der Waals surface area (Å²) < 4.78 is 69.0. The fraction of sp³-hybridized carbons (Fsp3) is 0.954. The lowest BCUT2D eigenvalue weighted by molar-refractivity contribution is -0.161. The third-order valence-electron chi connectivity index (χ3n) is 20.9. The highest BCUT2D eigenvalue weighted by atomic mass is 31.2. The highest BCUT2D eigenvalue weighted by molar-refractivity contribution is 7.47. The van der Waals surface area contributed by atoms with Crippen LogP contribution in [-0.2, 0) is 65.4 Å². The number of carbonyl (C=O) groups is 4. The third kappa shape index (κ3) is 78.7. The van der Waals surface area contributed by atoms with E-state index in [9.17, 15) is 43.2 Å². The Kier molecular flexibility index (Phi) is 78.2. The monoisotopic (exact) mass is 1550 g/mol. The van der Waals surface area contributed by atoms with Gasteiger partial charge in [-0.25, -0.2) is 9.13 Å². The second-order valence-corrected chi connectivity index (χ2v) is 34.4. The highest BCUT2D eigenvalue weighted by Crippen LogP contribution is 2.45. The Labute approximate surface area is 651 Å². The fourth-order valence-electron chi connectivity index (χ4n) is 13.6. The Morgan fingerprint density at radius 2 is 0.453 bits per heavy atom. The van der Waals surface area contributed by atoms with E-state index in [2.05, 4.69) is 34.6 Å². The lowest BCUT2D eigenvalue weighted by Gasteiger charge is -2.21. The van der Waals surface area contributed by atoms with Gasteiger partial charge in [-0.2, -0.15) is 0 Å². The first-order valence-electron chi connectivity index (χ1n) is 45.2. The number of ether oxygens (including phenoxy) is 4. The summed E-state index contributed by atoms with van der Waals surface area (Å²) in [7, 11) is -9.93. The average Bonchev–Trinajstić information content (AvgIpc) is 0.899. The molecule has 0 amide bonds. The minimum atomic E-state index is -4.97. The van der Waals surface area contributed by atoms with Gasteiger partial charge in [0.15, 0.2) is 12.2 Å². The van der Waals surface area contributed by atoms with Gasteiger partial charge in [0.25, 0.3) is 0 Å². The van der Waals surface area contributed by atoms with E-state index in [-0.39, 0.29) is 25.7 Å². The molecule has 0 saturated heterocycles. The summed E-state index contributed by atoms with van der Waals surface area (Å²) in [6.07, 6.45) is 73.4. The van der Waals surface area contributed by atoms with E-state index >= 15 is 0 Å². The van der Waals surface area contributed by atoms with Crippen LogP contribution in [-0.4, -0.2) is 96.7 Å². The first-order valence-corrected chi connectivity index (χ1v) is 48.2. The zero-order valence-electron chi connectivity index (χ0n) is 69.6. The summed E-state index contributed by atoms with van der Waals surface area (Å²) >= 11 is 0. The first kappa shape index (κ1) is 104. The minimum absolute atomic E-state index is 0.109. The van der Waals surface area contributed by atoms with Gasteiger partial charge in [-0.05, 0) is 31.6 Å². The molecule has 6 atom stereocenters. The Hall–Kier alpha value is -1.94. The molecular formula is C87H170O17P2. The Morgan fingerprint density at radius 3 is 0.670 bits per heavy atom. The average molecular weight is 1550 g/mol. The molecule has 0 fully saturated rings. The number of hydrogen-bond donors (Lipinski definition) is 3. The first-order chi connectivity index (χ1) is 51.6. The van der Waals surface area contributed by atoms with Crippen molar-refractivity contribution >= 4 is 39.5 Å². The normalized spacial score (nSPS) is 14.0. The van der Waals surface area contributed by atoms with Crippen LogP contribution in [0.2, 0.25) is 0 Å². The molecule has 0 aromatic heterocycles. The Morgan fingerprint density at radius 1 is 0.264 bits per heavy atom. The van der Waals surface area contributed by atoms with Crippen molar-refractivity contribution in [3.8, 4) is 0 Å². The van der Waals surface area contributed by atoms with E-state index in [1.807, 2.05) is 0 Å². The second kappa shape index (κ2) is 79.7. The van der Waals surface area contributed by atoms with Gasteiger partial charge in [0, 0.05) is 25.7 Å². The second-order valence-electron chi connectivity index (χ2n) is 31.5. The minimum Gasteiger partial charge on any atom is -0.462 e. The van der Waals surface area contributed by atoms with Crippen LogP contribution in [0, 0.1) is 5.92 Å². The van der Waals surface area contributed by atoms with Crippen molar-refractivity contribution in [3.05, 3.63) is 0 Å². The molecule has 630 valence electrons. The summed E-state index contributed by atoms with van der Waals surface area (Å²) in [4.78, 5) is 73.3. The van der Waals surface area contributed by atoms with Crippen molar-refractivity contribution in [1.82, 2.24) is 0 Å². The lowest BCUT2D eigenvalue weighted by Crippen LogP contribution is -2.30. The maximum absolute atomic E-state index is 13.2. The van der Waals surface area contributed by atoms with Crippen LogP contribution in [0.4, 0.5) is 0 Å². The highest BCUT2D eigenvalue weighted by Gasteiger charge is 2.30. The number of hydrogen-bond acceptors (Lipinski definition) is 15. The summed E-state index contributed by atoms with van der Waals surface area (Å²) in [5.41, 5.74) is 0. The van der Waals surface area contributed by atoms with Gasteiger partial charge in [-0.3, -0.25) is 37.3 Å². The van der Waals surface area contributed by atoms with E-state index in [0.717, 1.165) is 95.8 Å². The molecule has 0 aliphatic heterocycles. The van der Waals surface area contributed by atoms with Gasteiger partial charge in [-0.1, -0.05) is 420 Å². The maximum atomic E-state index is 13.2. The molecule has 0 rings (SSSR count). The number of phosphoric acid groups is 2. The topological polar surface area (TPSA) is 237 Å². The molecule has 0 heterocycles. The Balaban J connectivity index is 5.24. The number of aliphatic hydroxyl groups excluding tert-OH is 1. The van der Waals surface area contributed by atoms with Gasteiger partial charge in [0.2, 0.25) is 0 Å². The van der Waals surface area contributed by atoms with Crippen LogP contribution in [0.5, 0.6) is 0 Å². The molecular weight excluding hydrogens is 1380 g/mol. The van der Waals surface area contributed by atoms with Crippen LogP contribution >= 0.6 is 15.6 Å². The van der Waals surface area contributed by atoms with Crippen LogP contribution in [0.15, 0.2) is 0 Å². The molecule has 3 unspecified atom stereocenters. The fourth-order valence-corrected chi connectivity index (χ4v) is 15.2. The van der Waals surface area contributed by atoms with Crippen LogP contribution in [0.25, 0.3) is 0 Å². The number of aliphatic hydroxyl groups is 1. The van der Waals surface area contributed by atoms with Crippen LogP contribution in [0.1, 0.15) is 471 Å². The quantitative estimate of drug-likeness (QED) is 0.0222. The van der Waals surface area contributed by atoms with Gasteiger partial charge in [-0.15, -0.1) is 0 Å². The van der Waals surface area contributed by atoms with E-state index in [0.29, 0.717) is 25.7 Å². The van der Waals surface area contributed by atoms with Crippen molar-refractivity contribution in [3.63, 3.8) is 0 Å². The molecule has 3 N–H and O–H groups in total. The third-order valence-corrected chi connectivity index (χ3v) is 22.8. The van der Waals surface area contributed by atoms with Crippen LogP contribution < -0.4 is 0 Å². The van der Waals surface area contributed by atoms with Crippen LogP contribution in [0.3, 0.4) is 0 Å². The van der Waals surface area contributed by atoms with E-state index < -0.39 is 97.5 Å². The molecule has 0 aliphatic carbocycles. The molecule has 0 spiro atoms. The van der Waals surface area contributed by atoms with Crippen molar-refractivity contribution in [2.45, 2.75) is 490 Å². The Bertz CT molecular complexity index is 2020. The molecule has 106 heavy (non-hydrogen) atoms. The number of rotatable bonds is 87. The predicted octanol–water partition coefficient (Wildman–Crippen LogP) is 26.8. The molecule has 17 nitrogen and oxygen atoms in total. The van der Waals surface area contributed by atoms with E-state index in [1.165, 1.54) is 295 Å². The predicted molar refractivity (Wildman–Crippen MR) is 437 cm³/mol. The van der Waals surface area contributed by atoms with E-state index in [1.54, 1.807) is 0 Å². The standard InChI is InChI=1S/C87H170O17P2/c1-6-10-13-16-19-22-25-28-30-33-37-42-46-51-56-61-66-71-85(90)98-77-83(104-87(92)73-68-63-58-53-48-43-38-35-32-31-34-36-40-44-49-54-59-64-69-80(5)9-4)79-102-106(95,96)100-75-81(88)74-99-105(93,94)101-78-82(76-97-84(89)70-65-60-55-50-45-39-27-24-21-18-15-12-8-3)103-86(91)72-67-62-57-52-47-41-29-26-23-20-17-14-11-7-2/h80-83,88H,6-79H2,1-5H3,(H,93,94)(H,95,96)/t80?,81-,82+,83+/m0/s1. The summed E-state index contributed by atoms with van der Waals surface area (Å²) in [5, 5.41) is 10.7. The van der Waals surface area contributed by atoms with Gasteiger partial charge in [0.05, 0.1) is 26.4 Å². The number of unbranched alkanes of at least 4 members (excludes halogenated alkanes) is 58. The smallest absolute Gasteiger partial charge is 0.462 e. The molecule has 0 aromatic rings. The SMILES string of the molecule is CCCCCCCCCCCCCCCCCCCC(=O)OC[C@H](COP(=O)(O)OC[C@@H](O)COP(=O)(O)OC[C@@H](COC(=O)CCCCCCCCCCCCCCC)OC(=O)CCCCCCCCCCCCCCCC)OC(=O)CCCCCCCCCCCCCCCCCCCCC(C)CC. The molecule has 0 aromatic carbocycles. The zero-order chi connectivity index (χ0) is 77.6. The maximum Gasteiger partial charge on any atom is 0.472 e. The number of esters is 4. The number of carbonyl (C=O) groups excluding carboxylic acids is 4. The van der Waals surface area contributed by atoms with Crippen molar-refractivity contribution in [2.75, 3.05) is 39.6 Å². The largest absolute Gasteiger partial charge is 0.472 e. The van der Waals surface area contributed by atoms with E-state index in [4.69, 9.17) is 37.0 Å². The summed E-state index contributed by atoms with van der Waals surface area (Å²) in [6, 6.07) is 0. The molecule has 0 radical (unpaired) electrons. The summed E-state index contributed by atoms with van der Waals surface area (Å²) in [5.74, 6) is -1.22. The lowest BCUT2D eigenvalue weighted by atomic mass is 9.99. The van der Waals surface area contributed by atoms with Gasteiger partial charge in [0.1, 0.15) is 19.3 Å². The number of phosphoric ester groups is 2. The van der Waals surface area contributed by atoms with Crippen molar-refractivity contribution < 1.29 is 80.2 Å².